The van der Waals surface area contributed by atoms with Crippen LogP contribution >= 0.6 is 0 Å². The molecule has 0 spiro atoms. The number of pyridine rings is 2. The topological polar surface area (TPSA) is 29.0 Å². The quantitative estimate of drug-likeness (QED) is 0.768. The standard InChI is InChI=1S/C13H15N3/c1-10-5-4-7-15-13(10)16(3)12-6-8-14-9-11(12)2/h4-9H,1-3H3. The van der Waals surface area contributed by atoms with Crippen LogP contribution in [-0.4, -0.2) is 17.0 Å². The van der Waals surface area contributed by atoms with Crippen molar-refractivity contribution in [2.45, 2.75) is 13.8 Å². The van der Waals surface area contributed by atoms with Crippen molar-refractivity contribution in [1.82, 2.24) is 9.97 Å². The van der Waals surface area contributed by atoms with Crippen molar-refractivity contribution < 1.29 is 0 Å². The Hall–Kier alpha value is -1.90. The summed E-state index contributed by atoms with van der Waals surface area (Å²) in [4.78, 5) is 10.6. The Balaban J connectivity index is 2.44. The molecule has 0 aliphatic carbocycles. The molecule has 3 nitrogen and oxygen atoms in total. The van der Waals surface area contributed by atoms with Crippen LogP contribution in [0.25, 0.3) is 0 Å². The second-order valence-electron chi connectivity index (χ2n) is 3.87. The molecule has 0 amide bonds. The lowest BCUT2D eigenvalue weighted by Crippen LogP contribution is -2.13. The third-order valence-corrected chi connectivity index (χ3v) is 2.65. The van der Waals surface area contributed by atoms with E-state index in [1.807, 2.05) is 31.6 Å². The van der Waals surface area contributed by atoms with Crippen LogP contribution in [0.4, 0.5) is 11.5 Å². The van der Waals surface area contributed by atoms with E-state index in [9.17, 15) is 0 Å². The molecule has 2 rings (SSSR count). The van der Waals surface area contributed by atoms with E-state index in [1.54, 1.807) is 6.20 Å². The molecule has 0 aromatic carbocycles. The van der Waals surface area contributed by atoms with Crippen molar-refractivity contribution in [3.63, 3.8) is 0 Å². The number of hydrogen-bond acceptors (Lipinski definition) is 3. The summed E-state index contributed by atoms with van der Waals surface area (Å²) in [6, 6.07) is 6.02. The maximum Gasteiger partial charge on any atom is 0.135 e. The summed E-state index contributed by atoms with van der Waals surface area (Å²) in [5.41, 5.74) is 3.45. The van der Waals surface area contributed by atoms with E-state index in [0.717, 1.165) is 17.1 Å². The third-order valence-electron chi connectivity index (χ3n) is 2.65. The van der Waals surface area contributed by atoms with Gasteiger partial charge in [-0.3, -0.25) is 4.98 Å². The summed E-state index contributed by atoms with van der Waals surface area (Å²) in [5.74, 6) is 0.983. The van der Waals surface area contributed by atoms with E-state index in [-0.39, 0.29) is 0 Å². The van der Waals surface area contributed by atoms with Crippen molar-refractivity contribution in [1.29, 1.82) is 0 Å². The summed E-state index contributed by atoms with van der Waals surface area (Å²) in [7, 11) is 2.03. The summed E-state index contributed by atoms with van der Waals surface area (Å²) in [6.07, 6.45) is 5.48. The van der Waals surface area contributed by atoms with Gasteiger partial charge in [-0.1, -0.05) is 6.07 Å². The summed E-state index contributed by atoms with van der Waals surface area (Å²) >= 11 is 0. The molecule has 0 atom stereocenters. The summed E-state index contributed by atoms with van der Waals surface area (Å²) in [5, 5.41) is 0. The Morgan fingerprint density at radius 3 is 2.56 bits per heavy atom. The lowest BCUT2D eigenvalue weighted by molar-refractivity contribution is 1.08. The zero-order valence-electron chi connectivity index (χ0n) is 9.81. The van der Waals surface area contributed by atoms with Crippen molar-refractivity contribution in [3.05, 3.63) is 47.9 Å². The molecule has 0 aliphatic rings. The van der Waals surface area contributed by atoms with Gasteiger partial charge in [-0.2, -0.15) is 0 Å². The molecule has 82 valence electrons. The van der Waals surface area contributed by atoms with E-state index >= 15 is 0 Å². The highest BCUT2D eigenvalue weighted by Gasteiger charge is 2.09. The molecule has 2 aromatic rings. The molecule has 16 heavy (non-hydrogen) atoms. The first-order valence-corrected chi connectivity index (χ1v) is 5.26. The van der Waals surface area contributed by atoms with Gasteiger partial charge in [0.25, 0.3) is 0 Å². The first kappa shape index (κ1) is 10.6. The van der Waals surface area contributed by atoms with E-state index < -0.39 is 0 Å². The molecule has 0 aliphatic heterocycles. The normalized spacial score (nSPS) is 10.2. The predicted octanol–water partition coefficient (Wildman–Crippen LogP) is 2.86. The highest BCUT2D eigenvalue weighted by atomic mass is 15.2. The van der Waals surface area contributed by atoms with Crippen LogP contribution < -0.4 is 4.90 Å². The largest absolute Gasteiger partial charge is 0.329 e. The van der Waals surface area contributed by atoms with E-state index in [2.05, 4.69) is 34.8 Å². The molecule has 0 saturated carbocycles. The van der Waals surface area contributed by atoms with Gasteiger partial charge in [0, 0.05) is 31.3 Å². The lowest BCUT2D eigenvalue weighted by Gasteiger charge is -2.21. The van der Waals surface area contributed by atoms with Crippen molar-refractivity contribution in [2.24, 2.45) is 0 Å². The fourth-order valence-electron chi connectivity index (χ4n) is 1.78. The van der Waals surface area contributed by atoms with Gasteiger partial charge in [-0.25, -0.2) is 4.98 Å². The zero-order valence-corrected chi connectivity index (χ0v) is 9.81. The second-order valence-corrected chi connectivity index (χ2v) is 3.87. The van der Waals surface area contributed by atoms with Gasteiger partial charge in [0.05, 0.1) is 0 Å². The Morgan fingerprint density at radius 1 is 1.06 bits per heavy atom. The van der Waals surface area contributed by atoms with Crippen LogP contribution in [0.1, 0.15) is 11.1 Å². The third kappa shape index (κ3) is 1.89. The number of rotatable bonds is 2. The van der Waals surface area contributed by atoms with Crippen LogP contribution in [0, 0.1) is 13.8 Å². The molecule has 2 aromatic heterocycles. The van der Waals surface area contributed by atoms with E-state index in [4.69, 9.17) is 0 Å². The maximum atomic E-state index is 4.40. The minimum absolute atomic E-state index is 0.983. The summed E-state index contributed by atoms with van der Waals surface area (Å²) < 4.78 is 0. The highest BCUT2D eigenvalue weighted by Crippen LogP contribution is 2.26. The minimum atomic E-state index is 0.983. The van der Waals surface area contributed by atoms with Gasteiger partial charge in [-0.15, -0.1) is 0 Å². The molecule has 2 heterocycles. The van der Waals surface area contributed by atoms with E-state index in [0.29, 0.717) is 0 Å². The van der Waals surface area contributed by atoms with Crippen LogP contribution in [-0.2, 0) is 0 Å². The monoisotopic (exact) mass is 213 g/mol. The second kappa shape index (κ2) is 4.31. The van der Waals surface area contributed by atoms with Gasteiger partial charge in [0.2, 0.25) is 0 Å². The zero-order chi connectivity index (χ0) is 11.5. The Kier molecular flexibility index (Phi) is 2.86. The highest BCUT2D eigenvalue weighted by molar-refractivity contribution is 5.64. The number of anilines is 2. The van der Waals surface area contributed by atoms with Crippen LogP contribution in [0.3, 0.4) is 0 Å². The first-order chi connectivity index (χ1) is 7.70. The SMILES string of the molecule is Cc1cnccc1N(C)c1ncccc1C. The van der Waals surface area contributed by atoms with E-state index in [1.165, 1.54) is 5.56 Å². The van der Waals surface area contributed by atoms with Crippen molar-refractivity contribution in [3.8, 4) is 0 Å². The molecular weight excluding hydrogens is 198 g/mol. The molecule has 0 radical (unpaired) electrons. The maximum absolute atomic E-state index is 4.40. The van der Waals surface area contributed by atoms with Gasteiger partial charge < -0.3 is 4.90 Å². The number of aryl methyl sites for hydroxylation is 2. The molecular formula is C13H15N3. The first-order valence-electron chi connectivity index (χ1n) is 5.26. The molecule has 0 fully saturated rings. The number of nitrogens with zero attached hydrogens (tertiary/aromatic N) is 3. The average Bonchev–Trinajstić information content (AvgIpc) is 2.29. The molecule has 0 unspecified atom stereocenters. The Bertz CT molecular complexity index is 449. The fraction of sp³-hybridized carbons (Fsp3) is 0.231. The van der Waals surface area contributed by atoms with Crippen molar-refractivity contribution >= 4 is 11.5 Å². The minimum Gasteiger partial charge on any atom is -0.329 e. The smallest absolute Gasteiger partial charge is 0.135 e. The average molecular weight is 213 g/mol. The van der Waals surface area contributed by atoms with Gasteiger partial charge in [0.1, 0.15) is 5.82 Å². The Morgan fingerprint density at radius 2 is 1.88 bits per heavy atom. The fourth-order valence-corrected chi connectivity index (χ4v) is 1.78. The van der Waals surface area contributed by atoms with Crippen LogP contribution in [0.2, 0.25) is 0 Å². The van der Waals surface area contributed by atoms with Gasteiger partial charge in [-0.05, 0) is 37.1 Å². The van der Waals surface area contributed by atoms with Gasteiger partial charge >= 0.3 is 0 Å². The molecule has 0 saturated heterocycles. The van der Waals surface area contributed by atoms with Gasteiger partial charge in [0.15, 0.2) is 0 Å². The summed E-state index contributed by atoms with van der Waals surface area (Å²) in [6.45, 7) is 4.12. The molecule has 0 N–H and O–H groups in total. The lowest BCUT2D eigenvalue weighted by atomic mass is 10.2. The van der Waals surface area contributed by atoms with Crippen LogP contribution in [0.5, 0.6) is 0 Å². The van der Waals surface area contributed by atoms with Crippen molar-refractivity contribution in [2.75, 3.05) is 11.9 Å². The number of aromatic nitrogens is 2. The van der Waals surface area contributed by atoms with Crippen LogP contribution in [0.15, 0.2) is 36.8 Å². The molecule has 0 bridgehead atoms. The number of hydrogen-bond donors (Lipinski definition) is 0. The molecule has 3 heteroatoms. The predicted molar refractivity (Wildman–Crippen MR) is 66.0 cm³/mol. The Labute approximate surface area is 95.8 Å².